The lowest BCUT2D eigenvalue weighted by Crippen LogP contribution is -2.24. The van der Waals surface area contributed by atoms with E-state index >= 15 is 0 Å². The normalized spacial score (nSPS) is 12.3. The largest absolute Gasteiger partial charge is 0.456 e. The Kier molecular flexibility index (Phi) is 4.49. The minimum Gasteiger partial charge on any atom is -0.456 e. The zero-order chi connectivity index (χ0) is 15.0. The van der Waals surface area contributed by atoms with E-state index < -0.39 is 31.3 Å². The summed E-state index contributed by atoms with van der Waals surface area (Å²) in [7, 11) is 0.744. The van der Waals surface area contributed by atoms with Crippen LogP contribution in [0.1, 0.15) is 31.1 Å². The van der Waals surface area contributed by atoms with Gasteiger partial charge in [-0.15, -0.1) is 0 Å². The highest BCUT2D eigenvalue weighted by atomic mass is 35.7. The van der Waals surface area contributed by atoms with Crippen LogP contribution in [0.3, 0.4) is 0 Å². The fourth-order valence-corrected chi connectivity index (χ4v) is 2.34. The zero-order valence-electron chi connectivity index (χ0n) is 10.3. The standard InChI is InChI=1S/C11H11Cl2FO4S/c1-11(2,3)18-10(15)6-4-9(19(13,16)17)8(14)5-7(6)12/h4-5H,1-3H3. The smallest absolute Gasteiger partial charge is 0.340 e. The van der Waals surface area contributed by atoms with Crippen LogP contribution in [0.15, 0.2) is 17.0 Å². The molecule has 0 radical (unpaired) electrons. The molecule has 0 aliphatic rings. The van der Waals surface area contributed by atoms with Crippen LogP contribution in [0.2, 0.25) is 5.02 Å². The molecule has 0 saturated carbocycles. The molecule has 0 bridgehead atoms. The highest BCUT2D eigenvalue weighted by molar-refractivity contribution is 8.13. The van der Waals surface area contributed by atoms with Crippen LogP contribution < -0.4 is 0 Å². The third-order valence-electron chi connectivity index (χ3n) is 1.90. The van der Waals surface area contributed by atoms with E-state index in [0.717, 1.165) is 6.07 Å². The molecule has 1 aromatic carbocycles. The van der Waals surface area contributed by atoms with Crippen molar-refractivity contribution in [2.75, 3.05) is 0 Å². The Morgan fingerprint density at radius 2 is 1.84 bits per heavy atom. The highest BCUT2D eigenvalue weighted by Crippen LogP contribution is 2.27. The van der Waals surface area contributed by atoms with E-state index in [1.807, 2.05) is 0 Å². The first-order valence-electron chi connectivity index (χ1n) is 5.09. The van der Waals surface area contributed by atoms with Gasteiger partial charge in [0, 0.05) is 10.7 Å². The van der Waals surface area contributed by atoms with Crippen molar-refractivity contribution in [2.24, 2.45) is 0 Å². The van der Waals surface area contributed by atoms with Crippen LogP contribution in [0, 0.1) is 5.82 Å². The van der Waals surface area contributed by atoms with Crippen molar-refractivity contribution in [2.45, 2.75) is 31.3 Å². The third kappa shape index (κ3) is 4.33. The van der Waals surface area contributed by atoms with Crippen molar-refractivity contribution in [1.29, 1.82) is 0 Å². The number of rotatable bonds is 2. The van der Waals surface area contributed by atoms with E-state index in [-0.39, 0.29) is 10.6 Å². The van der Waals surface area contributed by atoms with Crippen molar-refractivity contribution < 1.29 is 22.3 Å². The Labute approximate surface area is 119 Å². The first-order valence-corrected chi connectivity index (χ1v) is 7.77. The summed E-state index contributed by atoms with van der Waals surface area (Å²) in [4.78, 5) is 11.0. The second kappa shape index (κ2) is 5.26. The van der Waals surface area contributed by atoms with Crippen LogP contribution in [-0.2, 0) is 13.8 Å². The summed E-state index contributed by atoms with van der Waals surface area (Å²) >= 11 is 5.70. The monoisotopic (exact) mass is 328 g/mol. The molecule has 0 aliphatic carbocycles. The SMILES string of the molecule is CC(C)(C)OC(=O)c1cc(S(=O)(=O)Cl)c(F)cc1Cl. The van der Waals surface area contributed by atoms with Gasteiger partial charge in [0.15, 0.2) is 0 Å². The molecule has 0 aliphatic heterocycles. The molecular weight excluding hydrogens is 318 g/mol. The summed E-state index contributed by atoms with van der Waals surface area (Å²) in [6, 6.07) is 1.46. The fourth-order valence-electron chi connectivity index (χ4n) is 1.21. The van der Waals surface area contributed by atoms with Gasteiger partial charge in [-0.3, -0.25) is 0 Å². The molecule has 0 fully saturated rings. The van der Waals surface area contributed by atoms with Crippen LogP contribution in [0.25, 0.3) is 0 Å². The first-order chi connectivity index (χ1) is 8.42. The average molecular weight is 329 g/mol. The second-order valence-electron chi connectivity index (χ2n) is 4.70. The molecule has 0 amide bonds. The van der Waals surface area contributed by atoms with Gasteiger partial charge in [-0.05, 0) is 32.9 Å². The molecule has 19 heavy (non-hydrogen) atoms. The van der Waals surface area contributed by atoms with Gasteiger partial charge in [0.25, 0.3) is 9.05 Å². The lowest BCUT2D eigenvalue weighted by molar-refractivity contribution is 0.00694. The summed E-state index contributed by atoms with van der Waals surface area (Å²) in [6.45, 7) is 4.88. The maximum atomic E-state index is 13.4. The number of hydrogen-bond acceptors (Lipinski definition) is 4. The van der Waals surface area contributed by atoms with Gasteiger partial charge in [-0.25, -0.2) is 17.6 Å². The van der Waals surface area contributed by atoms with E-state index in [0.29, 0.717) is 6.07 Å². The molecule has 8 heteroatoms. The number of benzene rings is 1. The quantitative estimate of drug-likeness (QED) is 0.617. The third-order valence-corrected chi connectivity index (χ3v) is 3.55. The molecule has 0 heterocycles. The van der Waals surface area contributed by atoms with Gasteiger partial charge in [-0.2, -0.15) is 0 Å². The minimum absolute atomic E-state index is 0.254. The molecular formula is C11H11Cl2FO4S. The first kappa shape index (κ1) is 16.2. The minimum atomic E-state index is -4.32. The van der Waals surface area contributed by atoms with E-state index in [2.05, 4.69) is 0 Å². The van der Waals surface area contributed by atoms with Gasteiger partial charge in [0.2, 0.25) is 0 Å². The number of ether oxygens (including phenoxy) is 1. The Balaban J connectivity index is 3.34. The molecule has 1 rings (SSSR count). The number of carbonyl (C=O) groups is 1. The Hall–Kier alpha value is -0.850. The van der Waals surface area contributed by atoms with Gasteiger partial charge < -0.3 is 4.74 Å². The fraction of sp³-hybridized carbons (Fsp3) is 0.364. The van der Waals surface area contributed by atoms with Gasteiger partial charge >= 0.3 is 5.97 Å². The van der Waals surface area contributed by atoms with Gasteiger partial charge in [-0.1, -0.05) is 11.6 Å². The molecule has 0 N–H and O–H groups in total. The summed E-state index contributed by atoms with van der Waals surface area (Å²) in [5.41, 5.74) is -1.06. The summed E-state index contributed by atoms with van der Waals surface area (Å²) < 4.78 is 40.8. The molecule has 0 spiro atoms. The Morgan fingerprint density at radius 1 is 1.32 bits per heavy atom. The van der Waals surface area contributed by atoms with Crippen LogP contribution in [0.4, 0.5) is 4.39 Å². The summed E-state index contributed by atoms with van der Waals surface area (Å²) in [6.07, 6.45) is 0. The molecule has 106 valence electrons. The molecule has 0 aromatic heterocycles. The van der Waals surface area contributed by atoms with E-state index in [9.17, 15) is 17.6 Å². The zero-order valence-corrected chi connectivity index (χ0v) is 12.7. The Morgan fingerprint density at radius 3 is 2.26 bits per heavy atom. The molecule has 0 unspecified atom stereocenters. The van der Waals surface area contributed by atoms with Crippen molar-refractivity contribution in [3.05, 3.63) is 28.5 Å². The maximum absolute atomic E-state index is 13.4. The molecule has 4 nitrogen and oxygen atoms in total. The van der Waals surface area contributed by atoms with Crippen molar-refractivity contribution in [1.82, 2.24) is 0 Å². The van der Waals surface area contributed by atoms with E-state index in [4.69, 9.17) is 27.0 Å². The average Bonchev–Trinajstić information content (AvgIpc) is 2.11. The van der Waals surface area contributed by atoms with Crippen molar-refractivity contribution in [3.8, 4) is 0 Å². The molecule has 0 atom stereocenters. The van der Waals surface area contributed by atoms with Crippen molar-refractivity contribution >= 4 is 37.3 Å². The predicted molar refractivity (Wildman–Crippen MR) is 69.6 cm³/mol. The number of carbonyl (C=O) groups excluding carboxylic acids is 1. The van der Waals surface area contributed by atoms with E-state index in [1.165, 1.54) is 0 Å². The number of halogens is 3. The van der Waals surface area contributed by atoms with Crippen LogP contribution in [0.5, 0.6) is 0 Å². The second-order valence-corrected chi connectivity index (χ2v) is 7.64. The highest BCUT2D eigenvalue weighted by Gasteiger charge is 2.25. The van der Waals surface area contributed by atoms with Crippen LogP contribution in [-0.4, -0.2) is 20.0 Å². The summed E-state index contributed by atoms with van der Waals surface area (Å²) in [5.74, 6) is -1.99. The number of esters is 1. The number of hydrogen-bond donors (Lipinski definition) is 0. The lowest BCUT2D eigenvalue weighted by Gasteiger charge is -2.20. The van der Waals surface area contributed by atoms with Crippen LogP contribution >= 0.6 is 22.3 Å². The molecule has 1 aromatic rings. The van der Waals surface area contributed by atoms with Crippen molar-refractivity contribution in [3.63, 3.8) is 0 Å². The Bertz CT molecular complexity index is 620. The topological polar surface area (TPSA) is 60.4 Å². The predicted octanol–water partition coefficient (Wildman–Crippen LogP) is 3.36. The maximum Gasteiger partial charge on any atom is 0.340 e. The van der Waals surface area contributed by atoms with Gasteiger partial charge in [0.05, 0.1) is 10.6 Å². The van der Waals surface area contributed by atoms with E-state index in [1.54, 1.807) is 20.8 Å². The molecule has 0 saturated heterocycles. The lowest BCUT2D eigenvalue weighted by atomic mass is 10.1. The summed E-state index contributed by atoms with van der Waals surface area (Å²) in [5, 5.41) is -0.254. The van der Waals surface area contributed by atoms with Gasteiger partial charge in [0.1, 0.15) is 16.3 Å².